The Labute approximate surface area is 234 Å². The third-order valence-electron chi connectivity index (χ3n) is 14.0. The van der Waals surface area contributed by atoms with E-state index in [1.54, 1.807) is 7.11 Å². The number of aliphatic hydroxyl groups is 2. The zero-order valence-electron chi connectivity index (χ0n) is 24.6. The molecule has 3 N–H and O–H groups in total. The third kappa shape index (κ3) is 3.06. The van der Waals surface area contributed by atoms with Crippen LogP contribution in [0.2, 0.25) is 0 Å². The molecule has 1 aromatic rings. The monoisotopic (exact) mass is 535 g/mol. The Bertz CT molecular complexity index is 1180. The molecule has 6 fully saturated rings. The summed E-state index contributed by atoms with van der Waals surface area (Å²) in [5, 5.41) is 25.9. The van der Waals surface area contributed by atoms with Gasteiger partial charge in [-0.1, -0.05) is 32.9 Å². The average molecular weight is 536 g/mol. The highest BCUT2D eigenvalue weighted by molar-refractivity contribution is 5.88. The van der Waals surface area contributed by atoms with Gasteiger partial charge in [0.2, 0.25) is 0 Å². The number of nitrogens with one attached hydrogen (secondary N) is 1. The first-order chi connectivity index (χ1) is 18.5. The van der Waals surface area contributed by atoms with Gasteiger partial charge in [-0.3, -0.25) is 4.79 Å². The van der Waals surface area contributed by atoms with Crippen LogP contribution in [-0.4, -0.2) is 47.5 Å². The van der Waals surface area contributed by atoms with E-state index in [0.29, 0.717) is 42.6 Å². The summed E-state index contributed by atoms with van der Waals surface area (Å²) in [4.78, 5) is 13.6. The number of hydrogen-bond acceptors (Lipinski definition) is 5. The van der Waals surface area contributed by atoms with Gasteiger partial charge in [0.1, 0.15) is 11.4 Å². The molecule has 7 rings (SSSR count). The molecule has 5 nitrogen and oxygen atoms in total. The van der Waals surface area contributed by atoms with Gasteiger partial charge in [-0.05, 0) is 116 Å². The van der Waals surface area contributed by atoms with Crippen molar-refractivity contribution in [3.05, 3.63) is 29.3 Å². The number of aliphatic hydroxyl groups excluding tert-OH is 1. The Hall–Kier alpha value is -1.43. The molecule has 0 radical (unpaired) electrons. The summed E-state index contributed by atoms with van der Waals surface area (Å²) in [6, 6.07) is 6.93. The third-order valence-corrected chi connectivity index (χ3v) is 14.0. The molecular weight excluding hydrogens is 486 g/mol. The predicted molar refractivity (Wildman–Crippen MR) is 152 cm³/mol. The van der Waals surface area contributed by atoms with Crippen LogP contribution >= 0.6 is 0 Å². The van der Waals surface area contributed by atoms with Crippen molar-refractivity contribution in [3.8, 4) is 0 Å². The van der Waals surface area contributed by atoms with Gasteiger partial charge in [-0.25, -0.2) is 0 Å². The van der Waals surface area contributed by atoms with E-state index in [4.69, 9.17) is 4.74 Å². The number of Topliss-reactive ketones (excluding diaryl/α,β-unsaturated/α-hetero) is 1. The molecule has 5 heteroatoms. The molecule has 214 valence electrons. The van der Waals surface area contributed by atoms with Gasteiger partial charge >= 0.3 is 0 Å². The summed E-state index contributed by atoms with van der Waals surface area (Å²) in [5.74, 6) is 2.94. The predicted octanol–water partition coefficient (Wildman–Crippen LogP) is 5.41. The second-order valence-corrected chi connectivity index (χ2v) is 15.1. The maximum atomic E-state index is 13.6. The number of fused-ring (bicyclic) bond motifs is 4. The van der Waals surface area contributed by atoms with E-state index in [9.17, 15) is 15.0 Å². The fraction of sp³-hybridized carbons (Fsp3) is 0.794. The number of carbonyl (C=O) groups excluding carboxylic acids is 1. The maximum absolute atomic E-state index is 13.6. The molecule has 0 saturated heterocycles. The molecule has 1 spiro atoms. The summed E-state index contributed by atoms with van der Waals surface area (Å²) in [6.45, 7) is 9.48. The zero-order valence-corrected chi connectivity index (χ0v) is 24.6. The highest BCUT2D eigenvalue weighted by Gasteiger charge is 2.89. The number of ether oxygens (including phenoxy) is 1. The fourth-order valence-corrected chi connectivity index (χ4v) is 12.7. The van der Waals surface area contributed by atoms with Crippen molar-refractivity contribution < 1.29 is 19.7 Å². The fourth-order valence-electron chi connectivity index (χ4n) is 12.7. The van der Waals surface area contributed by atoms with Crippen molar-refractivity contribution >= 4 is 11.5 Å². The summed E-state index contributed by atoms with van der Waals surface area (Å²) >= 11 is 0. The molecular formula is C34H49NO4. The topological polar surface area (TPSA) is 78.8 Å². The van der Waals surface area contributed by atoms with Crippen molar-refractivity contribution in [2.24, 2.45) is 51.8 Å². The number of carbonyl (C=O) groups is 1. The first kappa shape index (κ1) is 26.5. The van der Waals surface area contributed by atoms with Crippen LogP contribution in [0.4, 0.5) is 5.69 Å². The number of rotatable bonds is 7. The summed E-state index contributed by atoms with van der Waals surface area (Å²) in [6.07, 6.45) is 9.19. The molecule has 0 heterocycles. The van der Waals surface area contributed by atoms with Gasteiger partial charge in [0, 0.05) is 31.2 Å². The van der Waals surface area contributed by atoms with Gasteiger partial charge in [0.05, 0.1) is 18.1 Å². The van der Waals surface area contributed by atoms with E-state index < -0.39 is 5.60 Å². The Morgan fingerprint density at radius 2 is 1.97 bits per heavy atom. The lowest BCUT2D eigenvalue weighted by atomic mass is 9.42. The summed E-state index contributed by atoms with van der Waals surface area (Å²) in [5.41, 5.74) is 2.74. The first-order valence-corrected chi connectivity index (χ1v) is 15.9. The molecule has 0 aromatic heterocycles. The van der Waals surface area contributed by atoms with Crippen LogP contribution in [0.3, 0.4) is 0 Å². The quantitative estimate of drug-likeness (QED) is 0.435. The molecule has 12 atom stereocenters. The molecule has 0 aliphatic heterocycles. The second kappa shape index (κ2) is 8.55. The van der Waals surface area contributed by atoms with Crippen molar-refractivity contribution in [2.45, 2.75) is 103 Å². The van der Waals surface area contributed by atoms with Crippen molar-refractivity contribution in [1.29, 1.82) is 0 Å². The molecule has 6 aliphatic carbocycles. The molecule has 12 unspecified atom stereocenters. The van der Waals surface area contributed by atoms with Gasteiger partial charge in [-0.2, -0.15) is 0 Å². The average Bonchev–Trinajstić information content (AvgIpc) is 3.51. The standard InChI is InChI=1S/C34H49NO4/c1-6-22-8-7-20(13-26(22)35-18-19(2)36)11-21-12-24-10-9-23-16-33(24,15-21)32(4)29-25(23)17-31(32,3)34(38)28(39-5)14-27(37)30(29)34/h7-8,13,19,21,23-25,28-30,35-36,38H,6,9-12,14-18H2,1-5H3. The summed E-state index contributed by atoms with van der Waals surface area (Å²) in [7, 11) is 1.70. The van der Waals surface area contributed by atoms with Crippen molar-refractivity contribution in [3.63, 3.8) is 0 Å². The van der Waals surface area contributed by atoms with E-state index in [1.165, 1.54) is 43.2 Å². The number of methoxy groups -OCH3 is 1. The normalized spacial score (nSPS) is 49.7. The van der Waals surface area contributed by atoms with E-state index in [2.05, 4.69) is 44.3 Å². The van der Waals surface area contributed by atoms with E-state index in [0.717, 1.165) is 24.9 Å². The number of aryl methyl sites for hydroxylation is 1. The number of anilines is 1. The Kier molecular flexibility index (Phi) is 5.80. The van der Waals surface area contributed by atoms with Crippen LogP contribution in [0.1, 0.15) is 83.8 Å². The SMILES string of the molecule is CCc1ccc(CC2CC3CCC4CC3(C2)C2(C)C3C4CC2(C)C2(O)C(OC)CC(=O)C32)cc1NCC(C)O. The smallest absolute Gasteiger partial charge is 0.141 e. The summed E-state index contributed by atoms with van der Waals surface area (Å²) < 4.78 is 5.90. The van der Waals surface area contributed by atoms with Gasteiger partial charge in [0.25, 0.3) is 0 Å². The molecule has 6 aliphatic rings. The Morgan fingerprint density at radius 1 is 1.18 bits per heavy atom. The van der Waals surface area contributed by atoms with Crippen LogP contribution < -0.4 is 5.32 Å². The molecule has 6 saturated carbocycles. The maximum Gasteiger partial charge on any atom is 0.141 e. The van der Waals surface area contributed by atoms with Crippen LogP contribution in [-0.2, 0) is 22.4 Å². The minimum Gasteiger partial charge on any atom is -0.392 e. The lowest BCUT2D eigenvalue weighted by molar-refractivity contribution is -0.192. The van der Waals surface area contributed by atoms with Gasteiger partial charge < -0.3 is 20.3 Å². The van der Waals surface area contributed by atoms with E-state index >= 15 is 0 Å². The number of hydrogen-bond donors (Lipinski definition) is 3. The second-order valence-electron chi connectivity index (χ2n) is 15.1. The zero-order chi connectivity index (χ0) is 27.5. The van der Waals surface area contributed by atoms with Crippen LogP contribution in [0, 0.1) is 51.8 Å². The Morgan fingerprint density at radius 3 is 2.69 bits per heavy atom. The lowest BCUT2D eigenvalue weighted by Gasteiger charge is -2.62. The minimum absolute atomic E-state index is 0.0245. The Balaban J connectivity index is 1.23. The van der Waals surface area contributed by atoms with Crippen LogP contribution in [0.15, 0.2) is 18.2 Å². The highest BCUT2D eigenvalue weighted by Crippen LogP contribution is 2.88. The van der Waals surface area contributed by atoms with Gasteiger partial charge in [0.15, 0.2) is 0 Å². The van der Waals surface area contributed by atoms with Crippen molar-refractivity contribution in [1.82, 2.24) is 0 Å². The van der Waals surface area contributed by atoms with Crippen molar-refractivity contribution in [2.75, 3.05) is 19.0 Å². The number of benzene rings is 1. The molecule has 0 amide bonds. The van der Waals surface area contributed by atoms with Crippen LogP contribution in [0.25, 0.3) is 0 Å². The highest BCUT2D eigenvalue weighted by atomic mass is 16.5. The first-order valence-electron chi connectivity index (χ1n) is 15.9. The van der Waals surface area contributed by atoms with E-state index in [-0.39, 0.29) is 40.2 Å². The molecule has 6 bridgehead atoms. The van der Waals surface area contributed by atoms with E-state index in [1.807, 2.05) is 6.92 Å². The van der Waals surface area contributed by atoms with Gasteiger partial charge in [-0.15, -0.1) is 0 Å². The lowest BCUT2D eigenvalue weighted by Crippen LogP contribution is -2.60. The number of ketones is 1. The molecule has 39 heavy (non-hydrogen) atoms. The van der Waals surface area contributed by atoms with Crippen LogP contribution in [0.5, 0.6) is 0 Å². The minimum atomic E-state index is -1.02. The largest absolute Gasteiger partial charge is 0.392 e. The molecule has 1 aromatic carbocycles.